The molecule has 1 saturated carbocycles. The van der Waals surface area contributed by atoms with E-state index in [1.165, 1.54) is 12.8 Å². The summed E-state index contributed by atoms with van der Waals surface area (Å²) in [4.78, 5) is 14.8. The first-order chi connectivity index (χ1) is 12.3. The molecule has 134 valence electrons. The van der Waals surface area contributed by atoms with E-state index in [9.17, 15) is 4.79 Å². The van der Waals surface area contributed by atoms with Gasteiger partial charge in [0, 0.05) is 24.5 Å². The van der Waals surface area contributed by atoms with Crippen molar-refractivity contribution in [1.29, 1.82) is 0 Å². The molecule has 1 amide bonds. The predicted molar refractivity (Wildman–Crippen MR) is 95.2 cm³/mol. The number of rotatable bonds is 6. The van der Waals surface area contributed by atoms with Gasteiger partial charge >= 0.3 is 0 Å². The maximum absolute atomic E-state index is 12.6. The molecule has 1 saturated heterocycles. The van der Waals surface area contributed by atoms with E-state index < -0.39 is 0 Å². The van der Waals surface area contributed by atoms with Crippen molar-refractivity contribution < 1.29 is 4.79 Å². The quantitative estimate of drug-likeness (QED) is 0.875. The fourth-order valence-corrected chi connectivity index (χ4v) is 4.15. The third-order valence-electron chi connectivity index (χ3n) is 5.41. The van der Waals surface area contributed by atoms with Crippen LogP contribution in [0.3, 0.4) is 0 Å². The van der Waals surface area contributed by atoms with Crippen LogP contribution in [0.25, 0.3) is 0 Å². The van der Waals surface area contributed by atoms with Gasteiger partial charge in [-0.15, -0.1) is 0 Å². The summed E-state index contributed by atoms with van der Waals surface area (Å²) in [5, 5.41) is 11.8. The zero-order valence-electron chi connectivity index (χ0n) is 14.5. The first-order valence-electron chi connectivity index (χ1n) is 9.34. The van der Waals surface area contributed by atoms with Crippen LogP contribution in [0.2, 0.25) is 0 Å². The van der Waals surface area contributed by atoms with Crippen molar-refractivity contribution in [1.82, 2.24) is 24.5 Å². The Labute approximate surface area is 148 Å². The van der Waals surface area contributed by atoms with E-state index in [1.54, 1.807) is 12.4 Å². The summed E-state index contributed by atoms with van der Waals surface area (Å²) in [5.74, 6) is 0.881. The Kier molecular flexibility index (Phi) is 4.83. The second-order valence-corrected chi connectivity index (χ2v) is 7.14. The maximum atomic E-state index is 12.6. The van der Waals surface area contributed by atoms with Gasteiger partial charge in [0.15, 0.2) is 0 Å². The molecule has 0 spiro atoms. The molecular weight excluding hydrogens is 316 g/mol. The van der Waals surface area contributed by atoms with Crippen molar-refractivity contribution in [2.75, 3.05) is 18.4 Å². The van der Waals surface area contributed by atoms with Gasteiger partial charge in [-0.3, -0.25) is 14.4 Å². The average Bonchev–Trinajstić information content (AvgIpc) is 3.35. The molecule has 1 N–H and O–H groups in total. The van der Waals surface area contributed by atoms with Crippen molar-refractivity contribution in [3.63, 3.8) is 0 Å². The molecule has 2 aromatic rings. The number of anilines is 1. The average molecular weight is 342 g/mol. The van der Waals surface area contributed by atoms with Crippen molar-refractivity contribution in [2.24, 2.45) is 0 Å². The summed E-state index contributed by atoms with van der Waals surface area (Å²) in [6.07, 6.45) is 12.6. The second-order valence-electron chi connectivity index (χ2n) is 7.14. The highest BCUT2D eigenvalue weighted by atomic mass is 16.2. The summed E-state index contributed by atoms with van der Waals surface area (Å²) in [7, 11) is 0. The van der Waals surface area contributed by atoms with E-state index in [2.05, 4.69) is 20.4 Å². The van der Waals surface area contributed by atoms with Gasteiger partial charge in [0.1, 0.15) is 5.82 Å². The Hall–Kier alpha value is -2.15. The molecule has 25 heavy (non-hydrogen) atoms. The number of hydrogen-bond acceptors (Lipinski definition) is 4. The van der Waals surface area contributed by atoms with Crippen LogP contribution in [0.1, 0.15) is 44.6 Å². The minimum Gasteiger partial charge on any atom is -0.310 e. The molecule has 3 heterocycles. The van der Waals surface area contributed by atoms with Gasteiger partial charge in [0.2, 0.25) is 5.91 Å². The van der Waals surface area contributed by atoms with E-state index in [-0.39, 0.29) is 5.91 Å². The molecule has 2 aliphatic rings. The van der Waals surface area contributed by atoms with Crippen LogP contribution < -0.4 is 5.32 Å². The lowest BCUT2D eigenvalue weighted by Crippen LogP contribution is -2.39. The SMILES string of the molecule is O=C(CN1CCC[C@H]1Cn1cccn1)Nc1ccnn1C1CCCC1. The molecule has 2 aromatic heterocycles. The van der Waals surface area contributed by atoms with Gasteiger partial charge in [0.25, 0.3) is 0 Å². The molecule has 1 aliphatic heterocycles. The Morgan fingerprint density at radius 2 is 2.04 bits per heavy atom. The molecule has 0 bridgehead atoms. The first-order valence-corrected chi connectivity index (χ1v) is 9.34. The largest absolute Gasteiger partial charge is 0.310 e. The number of amides is 1. The van der Waals surface area contributed by atoms with Gasteiger partial charge in [-0.1, -0.05) is 12.8 Å². The van der Waals surface area contributed by atoms with Gasteiger partial charge in [-0.2, -0.15) is 10.2 Å². The zero-order chi connectivity index (χ0) is 17.1. The minimum absolute atomic E-state index is 0.0483. The number of nitrogens with one attached hydrogen (secondary N) is 1. The van der Waals surface area contributed by atoms with E-state index in [1.807, 2.05) is 27.7 Å². The molecule has 7 nitrogen and oxygen atoms in total. The molecule has 2 fully saturated rings. The molecule has 0 radical (unpaired) electrons. The Morgan fingerprint density at radius 1 is 1.16 bits per heavy atom. The molecule has 7 heteroatoms. The normalized spacial score (nSPS) is 21.8. The number of nitrogens with zero attached hydrogens (tertiary/aromatic N) is 5. The lowest BCUT2D eigenvalue weighted by Gasteiger charge is -2.24. The lowest BCUT2D eigenvalue weighted by atomic mass is 10.2. The highest BCUT2D eigenvalue weighted by molar-refractivity contribution is 5.91. The Balaban J connectivity index is 1.35. The zero-order valence-corrected chi connectivity index (χ0v) is 14.5. The molecular formula is C18H26N6O. The fourth-order valence-electron chi connectivity index (χ4n) is 4.15. The van der Waals surface area contributed by atoms with Crippen molar-refractivity contribution in [2.45, 2.75) is 57.2 Å². The topological polar surface area (TPSA) is 68.0 Å². The molecule has 0 aromatic carbocycles. The first kappa shape index (κ1) is 16.3. The number of likely N-dealkylation sites (tertiary alicyclic amines) is 1. The smallest absolute Gasteiger partial charge is 0.239 e. The molecule has 0 unspecified atom stereocenters. The summed E-state index contributed by atoms with van der Waals surface area (Å²) in [6.45, 7) is 2.25. The third-order valence-corrected chi connectivity index (χ3v) is 5.41. The number of aromatic nitrogens is 4. The molecule has 1 atom stereocenters. The Bertz CT molecular complexity index is 688. The van der Waals surface area contributed by atoms with E-state index in [0.29, 0.717) is 18.6 Å². The van der Waals surface area contributed by atoms with Crippen LogP contribution in [0, 0.1) is 0 Å². The highest BCUT2D eigenvalue weighted by Gasteiger charge is 2.27. The minimum atomic E-state index is 0.0483. The molecule has 4 rings (SSSR count). The fraction of sp³-hybridized carbons (Fsp3) is 0.611. The van der Waals surface area contributed by atoms with Crippen molar-refractivity contribution in [3.05, 3.63) is 30.7 Å². The van der Waals surface area contributed by atoms with Gasteiger partial charge in [-0.05, 0) is 38.3 Å². The summed E-state index contributed by atoms with van der Waals surface area (Å²) < 4.78 is 3.95. The van der Waals surface area contributed by atoms with Gasteiger partial charge < -0.3 is 5.32 Å². The summed E-state index contributed by atoms with van der Waals surface area (Å²) in [6, 6.07) is 4.66. The van der Waals surface area contributed by atoms with Crippen LogP contribution in [0.5, 0.6) is 0 Å². The molecule has 1 aliphatic carbocycles. The van der Waals surface area contributed by atoms with E-state index in [0.717, 1.165) is 44.6 Å². The number of carbonyl (C=O) groups is 1. The van der Waals surface area contributed by atoms with Crippen LogP contribution in [0.4, 0.5) is 5.82 Å². The van der Waals surface area contributed by atoms with Crippen LogP contribution in [0.15, 0.2) is 30.7 Å². The second kappa shape index (κ2) is 7.39. The van der Waals surface area contributed by atoms with Gasteiger partial charge in [-0.25, -0.2) is 4.68 Å². The van der Waals surface area contributed by atoms with Crippen molar-refractivity contribution >= 4 is 11.7 Å². The predicted octanol–water partition coefficient (Wildman–Crippen LogP) is 2.30. The van der Waals surface area contributed by atoms with Crippen molar-refractivity contribution in [3.8, 4) is 0 Å². The van der Waals surface area contributed by atoms with E-state index in [4.69, 9.17) is 0 Å². The standard InChI is InChI=1S/C18H26N6O/c25-18(21-17-8-10-20-24(17)15-5-1-2-6-15)14-22-11-3-7-16(22)13-23-12-4-9-19-23/h4,8-10,12,15-16H,1-3,5-7,11,13-14H2,(H,21,25)/t16-/m0/s1. The Morgan fingerprint density at radius 3 is 2.84 bits per heavy atom. The maximum Gasteiger partial charge on any atom is 0.239 e. The van der Waals surface area contributed by atoms with Gasteiger partial charge in [0.05, 0.1) is 25.3 Å². The number of hydrogen-bond donors (Lipinski definition) is 1. The van der Waals surface area contributed by atoms with Crippen LogP contribution in [-0.2, 0) is 11.3 Å². The number of carbonyl (C=O) groups excluding carboxylic acids is 1. The third kappa shape index (κ3) is 3.76. The lowest BCUT2D eigenvalue weighted by molar-refractivity contribution is -0.117. The highest BCUT2D eigenvalue weighted by Crippen LogP contribution is 2.31. The van der Waals surface area contributed by atoms with E-state index >= 15 is 0 Å². The van der Waals surface area contributed by atoms with Crippen LogP contribution in [-0.4, -0.2) is 49.5 Å². The van der Waals surface area contributed by atoms with Crippen LogP contribution >= 0.6 is 0 Å². The monoisotopic (exact) mass is 342 g/mol. The summed E-state index contributed by atoms with van der Waals surface area (Å²) in [5.41, 5.74) is 0. The summed E-state index contributed by atoms with van der Waals surface area (Å²) >= 11 is 0.